The lowest BCUT2D eigenvalue weighted by molar-refractivity contribution is 0.0995. The minimum Gasteiger partial charge on any atom is -0.494 e. The molecule has 0 atom stereocenters. The molecule has 0 bridgehead atoms. The molecule has 0 spiro atoms. The zero-order chi connectivity index (χ0) is 20.1. The van der Waals surface area contributed by atoms with E-state index in [0.29, 0.717) is 17.3 Å². The second-order valence-electron chi connectivity index (χ2n) is 5.96. The molecule has 0 saturated heterocycles. The molecule has 0 aliphatic heterocycles. The van der Waals surface area contributed by atoms with Crippen LogP contribution in [0.1, 0.15) is 15.9 Å². The average molecular weight is 394 g/mol. The highest BCUT2D eigenvalue weighted by atomic mass is 32.1. The largest absolute Gasteiger partial charge is 0.494 e. The van der Waals surface area contributed by atoms with Gasteiger partial charge in [-0.05, 0) is 36.0 Å². The van der Waals surface area contributed by atoms with Crippen LogP contribution in [-0.4, -0.2) is 25.8 Å². The van der Waals surface area contributed by atoms with Crippen LogP contribution in [0.2, 0.25) is 0 Å². The number of fused-ring (bicyclic) bond motifs is 1. The number of allylic oxidation sites excluding steroid dienone is 1. The van der Waals surface area contributed by atoms with Crippen molar-refractivity contribution in [1.82, 2.24) is 9.88 Å². The van der Waals surface area contributed by atoms with Gasteiger partial charge in [0.2, 0.25) is 16.9 Å². The van der Waals surface area contributed by atoms with Crippen LogP contribution >= 0.6 is 12.2 Å². The molecule has 142 valence electrons. The molecule has 1 aromatic heterocycles. The van der Waals surface area contributed by atoms with E-state index < -0.39 is 5.91 Å². The lowest BCUT2D eigenvalue weighted by atomic mass is 10.1. The first-order chi connectivity index (χ1) is 13.5. The van der Waals surface area contributed by atoms with Crippen molar-refractivity contribution in [3.63, 3.8) is 0 Å². The fourth-order valence-electron chi connectivity index (χ4n) is 2.71. The van der Waals surface area contributed by atoms with Crippen LogP contribution in [0, 0.1) is 0 Å². The second-order valence-corrected chi connectivity index (χ2v) is 6.34. The molecular formula is C20H18N4O3S. The van der Waals surface area contributed by atoms with E-state index in [1.807, 2.05) is 30.3 Å². The Morgan fingerprint density at radius 1 is 1.11 bits per heavy atom. The summed E-state index contributed by atoms with van der Waals surface area (Å²) in [4.78, 5) is 12.3. The van der Waals surface area contributed by atoms with Crippen molar-refractivity contribution in [1.29, 1.82) is 0 Å². The van der Waals surface area contributed by atoms with Crippen molar-refractivity contribution in [2.45, 2.75) is 13.1 Å². The zero-order valence-electron chi connectivity index (χ0n) is 14.9. The minimum atomic E-state index is -0.610. The molecule has 0 fully saturated rings. The highest BCUT2D eigenvalue weighted by Gasteiger charge is 2.17. The van der Waals surface area contributed by atoms with Crippen LogP contribution in [0.5, 0.6) is 11.8 Å². The van der Waals surface area contributed by atoms with Crippen LogP contribution in [0.25, 0.3) is 10.8 Å². The molecule has 0 saturated carbocycles. The Kier molecular flexibility index (Phi) is 5.81. The molecule has 0 aliphatic rings. The normalized spacial score (nSPS) is 11.0. The van der Waals surface area contributed by atoms with Gasteiger partial charge in [-0.25, -0.2) is 0 Å². The van der Waals surface area contributed by atoms with Crippen LogP contribution < -0.4 is 5.32 Å². The number of benzene rings is 2. The van der Waals surface area contributed by atoms with E-state index in [-0.39, 0.29) is 29.0 Å². The number of thiocarbonyl (C=S) groups is 1. The fourth-order valence-corrected chi connectivity index (χ4v) is 2.82. The lowest BCUT2D eigenvalue weighted by Crippen LogP contribution is -2.18. The van der Waals surface area contributed by atoms with Crippen molar-refractivity contribution in [3.05, 3.63) is 72.3 Å². The maximum absolute atomic E-state index is 12.3. The molecule has 2 aromatic carbocycles. The predicted octanol–water partition coefficient (Wildman–Crippen LogP) is 3.91. The monoisotopic (exact) mass is 394 g/mol. The van der Waals surface area contributed by atoms with Crippen molar-refractivity contribution >= 4 is 34.0 Å². The van der Waals surface area contributed by atoms with Gasteiger partial charge in [-0.1, -0.05) is 36.4 Å². The lowest BCUT2D eigenvalue weighted by Gasteiger charge is -2.02. The molecule has 28 heavy (non-hydrogen) atoms. The number of amides is 1. The Hall–Kier alpha value is -3.52. The number of nitrogens with zero attached hydrogens (tertiary/aromatic N) is 3. The number of carbonyl (C=O) groups excluding carboxylic acids is 1. The first kappa shape index (κ1) is 19.2. The maximum atomic E-state index is 12.3. The Balaban J connectivity index is 1.72. The smallest absolute Gasteiger partial charge is 0.295 e. The molecule has 7 nitrogen and oxygen atoms in total. The van der Waals surface area contributed by atoms with Gasteiger partial charge in [0.05, 0.1) is 0 Å². The maximum Gasteiger partial charge on any atom is 0.295 e. The topological polar surface area (TPSA) is 99.2 Å². The summed E-state index contributed by atoms with van der Waals surface area (Å²) in [5.41, 5.74) is 1.24. The van der Waals surface area contributed by atoms with E-state index in [2.05, 4.69) is 22.1 Å². The number of hydrogen-bond acceptors (Lipinski definition) is 4. The van der Waals surface area contributed by atoms with Crippen molar-refractivity contribution in [3.8, 4) is 11.8 Å². The van der Waals surface area contributed by atoms with E-state index in [0.717, 1.165) is 5.56 Å². The van der Waals surface area contributed by atoms with Gasteiger partial charge in [0.15, 0.2) is 0 Å². The van der Waals surface area contributed by atoms with Gasteiger partial charge in [-0.3, -0.25) is 9.36 Å². The number of hydrogen-bond donors (Lipinski definition) is 3. The molecule has 3 aromatic rings. The summed E-state index contributed by atoms with van der Waals surface area (Å²) in [7, 11) is 0. The van der Waals surface area contributed by atoms with Crippen LogP contribution in [0.15, 0.2) is 71.4 Å². The highest BCUT2D eigenvalue weighted by Crippen LogP contribution is 2.36. The van der Waals surface area contributed by atoms with Crippen LogP contribution in [-0.2, 0) is 13.1 Å². The van der Waals surface area contributed by atoms with Gasteiger partial charge in [0.1, 0.15) is 0 Å². The summed E-state index contributed by atoms with van der Waals surface area (Å²) in [6.45, 7) is 4.29. The van der Waals surface area contributed by atoms with Gasteiger partial charge < -0.3 is 15.5 Å². The summed E-state index contributed by atoms with van der Waals surface area (Å²) >= 11 is 5.06. The Morgan fingerprint density at radius 2 is 1.82 bits per heavy atom. The van der Waals surface area contributed by atoms with E-state index in [1.54, 1.807) is 12.1 Å². The van der Waals surface area contributed by atoms with Gasteiger partial charge in [0.25, 0.3) is 5.91 Å². The molecule has 3 N–H and O–H groups in total. The summed E-state index contributed by atoms with van der Waals surface area (Å²) in [5.74, 6) is -0.862. The molecule has 3 rings (SSSR count). The minimum absolute atomic E-state index is 0.0934. The molecule has 0 radical (unpaired) electrons. The summed E-state index contributed by atoms with van der Waals surface area (Å²) < 4.78 is 1.29. The van der Waals surface area contributed by atoms with Crippen molar-refractivity contribution < 1.29 is 15.0 Å². The van der Waals surface area contributed by atoms with E-state index >= 15 is 0 Å². The Bertz CT molecular complexity index is 1070. The Morgan fingerprint density at radius 3 is 2.54 bits per heavy atom. The van der Waals surface area contributed by atoms with Gasteiger partial charge in [-0.2, -0.15) is 0 Å². The van der Waals surface area contributed by atoms with Gasteiger partial charge in [0, 0.05) is 29.4 Å². The third-order valence-electron chi connectivity index (χ3n) is 4.09. The van der Waals surface area contributed by atoms with Crippen LogP contribution in [0.3, 0.4) is 0 Å². The summed E-state index contributed by atoms with van der Waals surface area (Å²) in [6.07, 6.45) is 1.54. The van der Waals surface area contributed by atoms with E-state index in [1.165, 1.54) is 16.7 Å². The number of aromatic nitrogens is 1. The SMILES string of the molecule is C=CCn1c(O)c2ccc(C(=O)N=NC(=S)NCc3ccccc3)cc2c1O. The summed E-state index contributed by atoms with van der Waals surface area (Å²) in [6, 6.07) is 14.1. The molecular weight excluding hydrogens is 376 g/mol. The van der Waals surface area contributed by atoms with Gasteiger partial charge >= 0.3 is 0 Å². The molecule has 8 heteroatoms. The quantitative estimate of drug-likeness (QED) is 0.346. The predicted molar refractivity (Wildman–Crippen MR) is 111 cm³/mol. The third-order valence-corrected chi connectivity index (χ3v) is 4.32. The first-order valence-corrected chi connectivity index (χ1v) is 8.85. The number of carbonyl (C=O) groups is 1. The first-order valence-electron chi connectivity index (χ1n) is 8.44. The van der Waals surface area contributed by atoms with E-state index in [9.17, 15) is 15.0 Å². The highest BCUT2D eigenvalue weighted by molar-refractivity contribution is 7.80. The zero-order valence-corrected chi connectivity index (χ0v) is 15.7. The third kappa shape index (κ3) is 4.07. The van der Waals surface area contributed by atoms with E-state index in [4.69, 9.17) is 12.2 Å². The fraction of sp³-hybridized carbons (Fsp3) is 0.100. The number of rotatable bonds is 5. The summed E-state index contributed by atoms with van der Waals surface area (Å²) in [5, 5.41) is 31.5. The van der Waals surface area contributed by atoms with Crippen molar-refractivity contribution in [2.75, 3.05) is 0 Å². The standard InChI is InChI=1S/C20H18N4O3S/c1-2-10-24-18(26)15-9-8-14(11-16(15)19(24)27)17(25)22-23-20(28)21-12-13-6-4-3-5-7-13/h2-9,11,26-27H,1,10,12H2,(H,21,28). The molecule has 0 unspecified atom stereocenters. The number of azo groups is 1. The van der Waals surface area contributed by atoms with Gasteiger partial charge in [-0.15, -0.1) is 16.8 Å². The second kappa shape index (κ2) is 8.45. The number of nitrogens with one attached hydrogen (secondary N) is 1. The molecule has 1 amide bonds. The number of aromatic hydroxyl groups is 2. The Labute approximate surface area is 166 Å². The molecule has 1 heterocycles. The van der Waals surface area contributed by atoms with Crippen molar-refractivity contribution in [2.24, 2.45) is 10.2 Å². The van der Waals surface area contributed by atoms with Crippen LogP contribution in [0.4, 0.5) is 0 Å². The average Bonchev–Trinajstić information content (AvgIpc) is 2.96. The molecule has 0 aliphatic carbocycles.